The van der Waals surface area contributed by atoms with Crippen LogP contribution in [0.5, 0.6) is 5.75 Å². The molecule has 2 aromatic carbocycles. The number of rotatable bonds is 10. The molecule has 36 heavy (non-hydrogen) atoms. The van der Waals surface area contributed by atoms with Gasteiger partial charge in [-0.15, -0.1) is 11.8 Å². The highest BCUT2D eigenvalue weighted by molar-refractivity contribution is 7.99. The van der Waals surface area contributed by atoms with Gasteiger partial charge < -0.3 is 14.7 Å². The molecule has 1 saturated heterocycles. The molecule has 3 aromatic rings. The molecule has 1 aromatic heterocycles. The highest BCUT2D eigenvalue weighted by Gasteiger charge is 2.33. The van der Waals surface area contributed by atoms with Crippen molar-refractivity contribution in [3.05, 3.63) is 65.1 Å². The quantitative estimate of drug-likeness (QED) is 0.326. The Kier molecular flexibility index (Phi) is 8.80. The van der Waals surface area contributed by atoms with Gasteiger partial charge >= 0.3 is 0 Å². The fourth-order valence-corrected chi connectivity index (χ4v) is 6.05. The maximum Gasteiger partial charge on any atom is 0.142 e. The molecule has 0 atom stereocenters. The second-order valence-electron chi connectivity index (χ2n) is 9.70. The van der Waals surface area contributed by atoms with Crippen LogP contribution in [0, 0.1) is 29.8 Å². The number of benzene rings is 2. The molecule has 0 spiro atoms. The summed E-state index contributed by atoms with van der Waals surface area (Å²) >= 11 is 1.08. The fourth-order valence-electron chi connectivity index (χ4n) is 5.11. The summed E-state index contributed by atoms with van der Waals surface area (Å²) in [7, 11) is 1.67. The number of ether oxygens (including phenoxy) is 1. The molecular weight excluding hydrogens is 485 g/mol. The topological polar surface area (TPSA) is 45.6 Å². The maximum atomic E-state index is 13.9. The number of hydrogen-bond donors (Lipinski definition) is 1. The molecule has 194 valence electrons. The van der Waals surface area contributed by atoms with Gasteiger partial charge in [-0.25, -0.2) is 13.2 Å². The van der Waals surface area contributed by atoms with E-state index in [0.717, 1.165) is 79.2 Å². The van der Waals surface area contributed by atoms with Crippen LogP contribution in [-0.4, -0.2) is 54.1 Å². The van der Waals surface area contributed by atoms with Gasteiger partial charge in [0, 0.05) is 42.6 Å². The van der Waals surface area contributed by atoms with Crippen molar-refractivity contribution in [2.24, 2.45) is 5.41 Å². The van der Waals surface area contributed by atoms with Crippen molar-refractivity contribution in [3.63, 3.8) is 0 Å². The molecule has 0 radical (unpaired) electrons. The Morgan fingerprint density at radius 2 is 1.83 bits per heavy atom. The van der Waals surface area contributed by atoms with Crippen molar-refractivity contribution in [1.29, 1.82) is 0 Å². The zero-order valence-corrected chi connectivity index (χ0v) is 21.6. The van der Waals surface area contributed by atoms with Crippen molar-refractivity contribution in [1.82, 2.24) is 9.88 Å². The van der Waals surface area contributed by atoms with Gasteiger partial charge in [0.1, 0.15) is 23.2 Å². The molecule has 0 aliphatic carbocycles. The number of thioether (sulfide) groups is 1. The Labute approximate surface area is 214 Å². The van der Waals surface area contributed by atoms with Crippen LogP contribution in [0.25, 0.3) is 10.9 Å². The van der Waals surface area contributed by atoms with E-state index in [9.17, 15) is 18.3 Å². The standard InChI is InChI=1S/C28H33F3N2O2S/c1-19-17-32-26-6-5-21(35-2)16-23(26)22(19)4-3-7-28(18-34)8-10-33(11-9-28)12-13-36-27-24(30)14-20(29)15-25(27)31/h5-6,14-17,34H,3-4,7-13,18H2,1-2H3. The van der Waals surface area contributed by atoms with E-state index in [0.29, 0.717) is 24.4 Å². The van der Waals surface area contributed by atoms with E-state index in [1.165, 1.54) is 5.56 Å². The van der Waals surface area contributed by atoms with Gasteiger partial charge in [-0.1, -0.05) is 0 Å². The van der Waals surface area contributed by atoms with Crippen LogP contribution >= 0.6 is 11.8 Å². The minimum Gasteiger partial charge on any atom is -0.497 e. The van der Waals surface area contributed by atoms with E-state index in [1.807, 2.05) is 24.4 Å². The van der Waals surface area contributed by atoms with Crippen molar-refractivity contribution in [2.75, 3.05) is 39.1 Å². The number of aliphatic hydroxyl groups is 1. The number of hydrogen-bond acceptors (Lipinski definition) is 5. The third-order valence-electron chi connectivity index (χ3n) is 7.41. The van der Waals surface area contributed by atoms with Crippen LogP contribution in [0.2, 0.25) is 0 Å². The lowest BCUT2D eigenvalue weighted by Gasteiger charge is -2.41. The number of nitrogens with zero attached hydrogens (tertiary/aromatic N) is 2. The zero-order chi connectivity index (χ0) is 25.7. The Morgan fingerprint density at radius 3 is 2.50 bits per heavy atom. The molecule has 2 heterocycles. The number of aryl methyl sites for hydroxylation is 2. The Morgan fingerprint density at radius 1 is 1.11 bits per heavy atom. The minimum absolute atomic E-state index is 0.104. The highest BCUT2D eigenvalue weighted by Crippen LogP contribution is 2.37. The molecule has 1 N–H and O–H groups in total. The molecule has 0 amide bonds. The smallest absolute Gasteiger partial charge is 0.142 e. The molecule has 1 fully saturated rings. The van der Waals surface area contributed by atoms with Crippen LogP contribution < -0.4 is 4.74 Å². The number of aromatic nitrogens is 1. The van der Waals surface area contributed by atoms with Crippen LogP contribution in [-0.2, 0) is 6.42 Å². The number of halogens is 3. The second kappa shape index (κ2) is 11.8. The molecule has 0 bridgehead atoms. The SMILES string of the molecule is COc1ccc2ncc(C)c(CCCC3(CO)CCN(CCSc4c(F)cc(F)cc4F)CC3)c2c1. The lowest BCUT2D eigenvalue weighted by Crippen LogP contribution is -2.42. The van der Waals surface area contributed by atoms with Gasteiger partial charge in [0.15, 0.2) is 0 Å². The molecule has 1 aliphatic heterocycles. The summed E-state index contributed by atoms with van der Waals surface area (Å²) in [6.45, 7) is 4.61. The first-order valence-electron chi connectivity index (χ1n) is 12.4. The Bertz CT molecular complexity index is 1180. The summed E-state index contributed by atoms with van der Waals surface area (Å²) in [4.78, 5) is 6.69. The van der Waals surface area contributed by atoms with Crippen molar-refractivity contribution in [3.8, 4) is 5.75 Å². The van der Waals surface area contributed by atoms with E-state index in [4.69, 9.17) is 4.74 Å². The van der Waals surface area contributed by atoms with Gasteiger partial charge in [-0.3, -0.25) is 4.98 Å². The van der Waals surface area contributed by atoms with Crippen LogP contribution in [0.4, 0.5) is 13.2 Å². The van der Waals surface area contributed by atoms with E-state index in [2.05, 4.69) is 16.8 Å². The molecular formula is C28H33F3N2O2S. The summed E-state index contributed by atoms with van der Waals surface area (Å²) in [5, 5.41) is 11.4. The number of aliphatic hydroxyl groups excluding tert-OH is 1. The number of pyridine rings is 1. The monoisotopic (exact) mass is 518 g/mol. The molecule has 4 rings (SSSR count). The summed E-state index contributed by atoms with van der Waals surface area (Å²) in [6, 6.07) is 7.39. The lowest BCUT2D eigenvalue weighted by atomic mass is 9.75. The zero-order valence-electron chi connectivity index (χ0n) is 20.8. The van der Waals surface area contributed by atoms with Crippen molar-refractivity contribution in [2.45, 2.75) is 43.9 Å². The van der Waals surface area contributed by atoms with Gasteiger partial charge in [0.25, 0.3) is 0 Å². The lowest BCUT2D eigenvalue weighted by molar-refractivity contribution is 0.0378. The Balaban J connectivity index is 1.30. The predicted molar refractivity (Wildman–Crippen MR) is 138 cm³/mol. The Hall–Kier alpha value is -2.29. The average molecular weight is 519 g/mol. The third-order valence-corrected chi connectivity index (χ3v) is 8.47. The van der Waals surface area contributed by atoms with Crippen molar-refractivity contribution < 1.29 is 23.0 Å². The normalized spacial score (nSPS) is 15.9. The first kappa shape index (κ1) is 26.8. The summed E-state index contributed by atoms with van der Waals surface area (Å²) in [5.41, 5.74) is 3.30. The average Bonchev–Trinajstić information content (AvgIpc) is 2.87. The van der Waals surface area contributed by atoms with E-state index >= 15 is 0 Å². The molecule has 8 heteroatoms. The van der Waals surface area contributed by atoms with Crippen LogP contribution in [0.3, 0.4) is 0 Å². The number of piperidine rings is 1. The molecule has 0 unspecified atom stereocenters. The van der Waals surface area contributed by atoms with Gasteiger partial charge in [-0.05, 0) is 86.9 Å². The molecule has 0 saturated carbocycles. The third kappa shape index (κ3) is 6.15. The number of likely N-dealkylation sites (tertiary alicyclic amines) is 1. The van der Waals surface area contributed by atoms with Gasteiger partial charge in [0.2, 0.25) is 0 Å². The predicted octanol–water partition coefficient (Wildman–Crippen LogP) is 6.16. The second-order valence-corrected chi connectivity index (χ2v) is 10.8. The molecule has 1 aliphatic rings. The fraction of sp³-hybridized carbons (Fsp3) is 0.464. The summed E-state index contributed by atoms with van der Waals surface area (Å²) in [6.07, 6.45) is 6.51. The minimum atomic E-state index is -0.905. The maximum absolute atomic E-state index is 13.9. The molecule has 4 nitrogen and oxygen atoms in total. The van der Waals surface area contributed by atoms with Crippen LogP contribution in [0.15, 0.2) is 41.4 Å². The van der Waals surface area contributed by atoms with Gasteiger partial charge in [-0.2, -0.15) is 0 Å². The largest absolute Gasteiger partial charge is 0.497 e. The first-order valence-corrected chi connectivity index (χ1v) is 13.4. The van der Waals surface area contributed by atoms with Gasteiger partial charge in [0.05, 0.1) is 17.5 Å². The van der Waals surface area contributed by atoms with E-state index in [1.54, 1.807) is 7.11 Å². The first-order chi connectivity index (χ1) is 17.3. The highest BCUT2D eigenvalue weighted by atomic mass is 32.2. The summed E-state index contributed by atoms with van der Waals surface area (Å²) < 4.78 is 46.2. The van der Waals surface area contributed by atoms with E-state index < -0.39 is 17.5 Å². The number of fused-ring (bicyclic) bond motifs is 1. The van der Waals surface area contributed by atoms with E-state index in [-0.39, 0.29) is 16.9 Å². The van der Waals surface area contributed by atoms with Crippen molar-refractivity contribution >= 4 is 22.7 Å². The number of methoxy groups -OCH3 is 1. The van der Waals surface area contributed by atoms with Crippen LogP contribution in [0.1, 0.15) is 36.8 Å². The summed E-state index contributed by atoms with van der Waals surface area (Å²) in [5.74, 6) is -1.28.